The highest BCUT2D eigenvalue weighted by Crippen LogP contribution is 2.26. The molecule has 5 nitrogen and oxygen atoms in total. The average molecular weight is 310 g/mol. The molecule has 1 aromatic heterocycles. The van der Waals surface area contributed by atoms with Gasteiger partial charge in [-0.25, -0.2) is 0 Å². The maximum atomic E-state index is 5.85. The predicted molar refractivity (Wildman–Crippen MR) is 82.3 cm³/mol. The van der Waals surface area contributed by atoms with Gasteiger partial charge in [-0.2, -0.15) is 4.98 Å². The molecule has 1 unspecified atom stereocenters. The quantitative estimate of drug-likeness (QED) is 0.837. The molecule has 0 aliphatic heterocycles. The van der Waals surface area contributed by atoms with E-state index >= 15 is 0 Å². The molecule has 0 spiro atoms. The van der Waals surface area contributed by atoms with Crippen LogP contribution in [0.25, 0.3) is 0 Å². The van der Waals surface area contributed by atoms with Gasteiger partial charge in [0, 0.05) is 17.3 Å². The summed E-state index contributed by atoms with van der Waals surface area (Å²) in [7, 11) is 0. The van der Waals surface area contributed by atoms with E-state index in [4.69, 9.17) is 20.9 Å². The number of rotatable bonds is 7. The van der Waals surface area contributed by atoms with Crippen LogP contribution in [-0.4, -0.2) is 16.7 Å². The third kappa shape index (κ3) is 3.95. The van der Waals surface area contributed by atoms with E-state index in [1.807, 2.05) is 45.0 Å². The molecule has 1 heterocycles. The van der Waals surface area contributed by atoms with Gasteiger partial charge in [-0.3, -0.25) is 0 Å². The third-order valence-electron chi connectivity index (χ3n) is 3.37. The van der Waals surface area contributed by atoms with E-state index in [0.717, 1.165) is 12.1 Å². The van der Waals surface area contributed by atoms with Gasteiger partial charge in [-0.15, -0.1) is 0 Å². The molecular weight excluding hydrogens is 290 g/mol. The van der Waals surface area contributed by atoms with Crippen molar-refractivity contribution in [3.05, 3.63) is 41.0 Å². The van der Waals surface area contributed by atoms with Crippen molar-refractivity contribution in [3.8, 4) is 0 Å². The van der Waals surface area contributed by atoms with Crippen LogP contribution in [0, 0.1) is 0 Å². The number of ether oxygens (including phenoxy) is 1. The summed E-state index contributed by atoms with van der Waals surface area (Å²) in [4.78, 5) is 4.41. The maximum Gasteiger partial charge on any atom is 0.246 e. The van der Waals surface area contributed by atoms with Crippen LogP contribution in [0.3, 0.4) is 0 Å². The number of hydrogen-bond acceptors (Lipinski definition) is 5. The lowest BCUT2D eigenvalue weighted by atomic mass is 10.0. The Labute approximate surface area is 129 Å². The van der Waals surface area contributed by atoms with Crippen molar-refractivity contribution in [2.45, 2.75) is 39.3 Å². The Morgan fingerprint density at radius 2 is 2.00 bits per heavy atom. The summed E-state index contributed by atoms with van der Waals surface area (Å²) in [6.07, 6.45) is 0.782. The van der Waals surface area contributed by atoms with Crippen LogP contribution in [0.2, 0.25) is 5.02 Å². The second-order valence-electron chi connectivity index (χ2n) is 4.89. The third-order valence-corrected chi connectivity index (χ3v) is 3.62. The van der Waals surface area contributed by atoms with E-state index in [9.17, 15) is 0 Å². The van der Waals surface area contributed by atoms with Crippen LogP contribution < -0.4 is 5.32 Å². The Morgan fingerprint density at radius 1 is 1.29 bits per heavy atom. The van der Waals surface area contributed by atoms with E-state index in [1.165, 1.54) is 0 Å². The molecule has 0 radical (unpaired) electrons. The second kappa shape index (κ2) is 6.91. The van der Waals surface area contributed by atoms with E-state index < -0.39 is 5.60 Å². The summed E-state index contributed by atoms with van der Waals surface area (Å²) >= 11 is 5.85. The normalized spacial score (nSPS) is 13.9. The summed E-state index contributed by atoms with van der Waals surface area (Å²) in [6.45, 7) is 7.03. The fourth-order valence-corrected chi connectivity index (χ4v) is 2.06. The molecule has 114 valence electrons. The van der Waals surface area contributed by atoms with E-state index in [0.29, 0.717) is 29.9 Å². The van der Waals surface area contributed by atoms with Crippen LogP contribution in [-0.2, 0) is 16.9 Å². The van der Waals surface area contributed by atoms with Crippen LogP contribution in [0.4, 0.5) is 5.69 Å². The fraction of sp³-hybridized carbons (Fsp3) is 0.467. The predicted octanol–water partition coefficient (Wildman–Crippen LogP) is 4.00. The molecule has 6 heteroatoms. The molecule has 1 N–H and O–H groups in total. The molecule has 0 aliphatic rings. The largest absolute Gasteiger partial charge is 0.376 e. The monoisotopic (exact) mass is 309 g/mol. The smallest absolute Gasteiger partial charge is 0.246 e. The Hall–Kier alpha value is -1.59. The van der Waals surface area contributed by atoms with Crippen LogP contribution in [0.1, 0.15) is 38.9 Å². The number of halogens is 1. The Balaban J connectivity index is 2.01. The van der Waals surface area contributed by atoms with Crippen molar-refractivity contribution < 1.29 is 9.26 Å². The zero-order valence-electron chi connectivity index (χ0n) is 12.5. The Morgan fingerprint density at radius 3 is 2.62 bits per heavy atom. The van der Waals surface area contributed by atoms with Crippen molar-refractivity contribution >= 4 is 17.3 Å². The molecule has 0 fully saturated rings. The van der Waals surface area contributed by atoms with Gasteiger partial charge in [-0.05, 0) is 44.5 Å². The number of hydrogen-bond donors (Lipinski definition) is 1. The van der Waals surface area contributed by atoms with Gasteiger partial charge in [0.05, 0.1) is 6.54 Å². The number of nitrogens with zero attached hydrogens (tertiary/aromatic N) is 2. The van der Waals surface area contributed by atoms with Crippen molar-refractivity contribution in [1.82, 2.24) is 10.1 Å². The molecule has 1 aromatic carbocycles. The molecule has 21 heavy (non-hydrogen) atoms. The van der Waals surface area contributed by atoms with Crippen LogP contribution in [0.15, 0.2) is 28.8 Å². The van der Waals surface area contributed by atoms with Crippen molar-refractivity contribution in [1.29, 1.82) is 0 Å². The summed E-state index contributed by atoms with van der Waals surface area (Å²) in [6, 6.07) is 7.45. The molecular formula is C15H20ClN3O2. The standard InChI is InChI=1S/C15H20ClN3O2/c1-4-15(3,20-5-2)14-18-13(21-19-14)10-17-12-8-6-11(16)7-9-12/h6-9,17H,4-5,10H2,1-3H3. The minimum Gasteiger partial charge on any atom is -0.376 e. The lowest BCUT2D eigenvalue weighted by Crippen LogP contribution is -2.26. The maximum absolute atomic E-state index is 5.85. The molecule has 2 rings (SSSR count). The Kier molecular flexibility index (Phi) is 5.20. The first-order valence-corrected chi connectivity index (χ1v) is 7.41. The van der Waals surface area contributed by atoms with Crippen molar-refractivity contribution in [2.75, 3.05) is 11.9 Å². The first kappa shape index (κ1) is 15.8. The van der Waals surface area contributed by atoms with Gasteiger partial charge in [0.25, 0.3) is 0 Å². The molecule has 0 aliphatic carbocycles. The highest BCUT2D eigenvalue weighted by atomic mass is 35.5. The molecule has 0 bridgehead atoms. The van der Waals surface area contributed by atoms with Crippen LogP contribution >= 0.6 is 11.6 Å². The van der Waals surface area contributed by atoms with Crippen molar-refractivity contribution in [2.24, 2.45) is 0 Å². The molecule has 0 saturated carbocycles. The Bertz CT molecular complexity index is 571. The van der Waals surface area contributed by atoms with Gasteiger partial charge in [-0.1, -0.05) is 23.7 Å². The zero-order chi connectivity index (χ0) is 15.3. The topological polar surface area (TPSA) is 60.2 Å². The first-order valence-electron chi connectivity index (χ1n) is 7.04. The average Bonchev–Trinajstić information content (AvgIpc) is 2.96. The summed E-state index contributed by atoms with van der Waals surface area (Å²) in [5.74, 6) is 1.11. The lowest BCUT2D eigenvalue weighted by molar-refractivity contribution is -0.0403. The zero-order valence-corrected chi connectivity index (χ0v) is 13.3. The number of anilines is 1. The summed E-state index contributed by atoms with van der Waals surface area (Å²) in [5, 5.41) is 7.94. The molecule has 2 aromatic rings. The first-order chi connectivity index (χ1) is 10.1. The van der Waals surface area contributed by atoms with E-state index in [-0.39, 0.29) is 0 Å². The molecule has 0 amide bonds. The lowest BCUT2D eigenvalue weighted by Gasteiger charge is -2.23. The number of nitrogens with one attached hydrogen (secondary N) is 1. The van der Waals surface area contributed by atoms with Gasteiger partial charge in [0.15, 0.2) is 0 Å². The second-order valence-corrected chi connectivity index (χ2v) is 5.33. The highest BCUT2D eigenvalue weighted by molar-refractivity contribution is 6.30. The minimum atomic E-state index is -0.503. The summed E-state index contributed by atoms with van der Waals surface area (Å²) in [5.41, 5.74) is 0.443. The number of aromatic nitrogens is 2. The minimum absolute atomic E-state index is 0.459. The van der Waals surface area contributed by atoms with Gasteiger partial charge < -0.3 is 14.6 Å². The SMILES string of the molecule is CCOC(C)(CC)c1noc(CNc2ccc(Cl)cc2)n1. The fourth-order valence-electron chi connectivity index (χ4n) is 1.93. The molecule has 0 saturated heterocycles. The van der Waals surface area contributed by atoms with Gasteiger partial charge >= 0.3 is 0 Å². The van der Waals surface area contributed by atoms with Crippen LogP contribution in [0.5, 0.6) is 0 Å². The van der Waals surface area contributed by atoms with Gasteiger partial charge in [0.2, 0.25) is 11.7 Å². The van der Waals surface area contributed by atoms with Crippen molar-refractivity contribution in [3.63, 3.8) is 0 Å². The van der Waals surface area contributed by atoms with E-state index in [2.05, 4.69) is 15.5 Å². The molecule has 1 atom stereocenters. The highest BCUT2D eigenvalue weighted by Gasteiger charge is 2.30. The summed E-state index contributed by atoms with van der Waals surface area (Å²) < 4.78 is 11.0. The van der Waals surface area contributed by atoms with E-state index in [1.54, 1.807) is 0 Å². The number of benzene rings is 1. The van der Waals surface area contributed by atoms with Gasteiger partial charge in [0.1, 0.15) is 5.60 Å².